The fourth-order valence-electron chi connectivity index (χ4n) is 6.01. The van der Waals surface area contributed by atoms with Gasteiger partial charge in [-0.1, -0.05) is 114 Å². The van der Waals surface area contributed by atoms with E-state index in [2.05, 4.69) is 145 Å². The van der Waals surface area contributed by atoms with Gasteiger partial charge >= 0.3 is 0 Å². The van der Waals surface area contributed by atoms with E-state index >= 15 is 0 Å². The standard InChI is InChI=1S/C35H46IN/c1-23-27(17-18-29-31(23)35(10,36)21-20-34(29,8)9)28-22-25(33(5,6)7)15-19-30(28)37-26-13-11-12-24(14-16-26)32(2,3)4/h14-19,25,37H,12,20-22H2,1-10H3/t25-,35?/m0/s1. The van der Waals surface area contributed by atoms with Gasteiger partial charge in [-0.25, -0.2) is 0 Å². The largest absolute Gasteiger partial charge is 0.348 e. The number of rotatable bonds is 3. The van der Waals surface area contributed by atoms with Crippen LogP contribution in [0.2, 0.25) is 0 Å². The first kappa shape index (κ1) is 28.3. The number of alkyl halides is 1. The van der Waals surface area contributed by atoms with Crippen molar-refractivity contribution in [3.63, 3.8) is 0 Å². The number of hydrogen-bond acceptors (Lipinski definition) is 1. The number of allylic oxidation sites excluding steroid dienone is 7. The Morgan fingerprint density at radius 2 is 1.70 bits per heavy atom. The van der Waals surface area contributed by atoms with Gasteiger partial charge in [0.1, 0.15) is 0 Å². The van der Waals surface area contributed by atoms with Crippen LogP contribution < -0.4 is 5.32 Å². The molecule has 4 rings (SSSR count). The normalized spacial score (nSPS) is 25.4. The van der Waals surface area contributed by atoms with Gasteiger partial charge in [0.2, 0.25) is 0 Å². The van der Waals surface area contributed by atoms with Crippen LogP contribution in [0.3, 0.4) is 0 Å². The molecule has 1 unspecified atom stereocenters. The lowest BCUT2D eigenvalue weighted by Crippen LogP contribution is -2.33. The third-order valence-electron chi connectivity index (χ3n) is 8.80. The molecule has 0 saturated carbocycles. The topological polar surface area (TPSA) is 12.0 Å². The first-order chi connectivity index (χ1) is 17.0. The number of fused-ring (bicyclic) bond motifs is 1. The Labute approximate surface area is 240 Å². The average Bonchev–Trinajstić information content (AvgIpc) is 3.02. The maximum atomic E-state index is 3.77. The third-order valence-corrected chi connectivity index (χ3v) is 9.88. The van der Waals surface area contributed by atoms with E-state index in [1.165, 1.54) is 46.4 Å². The SMILES string of the molecule is Cc1c(C2=C(NC3=CC=C(C(C)(C)C)CC#C3)C=C[C@H](C(C)(C)C)C2)ccc2c1C(C)(I)CCC2(C)C. The van der Waals surface area contributed by atoms with Crippen molar-refractivity contribution < 1.29 is 0 Å². The molecule has 2 heteroatoms. The van der Waals surface area contributed by atoms with Crippen LogP contribution in [0, 0.1) is 35.5 Å². The van der Waals surface area contributed by atoms with Gasteiger partial charge in [0.15, 0.2) is 0 Å². The summed E-state index contributed by atoms with van der Waals surface area (Å²) in [5.41, 5.74) is 11.5. The summed E-state index contributed by atoms with van der Waals surface area (Å²) in [6.45, 7) is 23.5. The van der Waals surface area contributed by atoms with Crippen LogP contribution in [0.5, 0.6) is 0 Å². The Kier molecular flexibility index (Phi) is 7.48. The molecule has 1 aromatic carbocycles. The second kappa shape index (κ2) is 9.78. The molecule has 3 aliphatic carbocycles. The minimum absolute atomic E-state index is 0.135. The molecule has 0 amide bonds. The van der Waals surface area contributed by atoms with E-state index in [0.29, 0.717) is 5.92 Å². The number of hydrogen-bond donors (Lipinski definition) is 1. The van der Waals surface area contributed by atoms with Crippen LogP contribution in [0.25, 0.3) is 5.57 Å². The van der Waals surface area contributed by atoms with E-state index in [0.717, 1.165) is 18.5 Å². The van der Waals surface area contributed by atoms with Gasteiger partial charge in [-0.05, 0) is 101 Å². The minimum Gasteiger partial charge on any atom is -0.348 e. The Hall–Kier alpha value is -1.73. The van der Waals surface area contributed by atoms with E-state index in [1.54, 1.807) is 5.56 Å². The Morgan fingerprint density at radius 1 is 1.00 bits per heavy atom. The predicted octanol–water partition coefficient (Wildman–Crippen LogP) is 9.90. The highest BCUT2D eigenvalue weighted by molar-refractivity contribution is 14.1. The maximum absolute atomic E-state index is 3.77. The van der Waals surface area contributed by atoms with Crippen molar-refractivity contribution in [2.24, 2.45) is 16.7 Å². The summed E-state index contributed by atoms with van der Waals surface area (Å²) >= 11 is 2.71. The molecule has 0 radical (unpaired) electrons. The van der Waals surface area contributed by atoms with Gasteiger partial charge in [0.25, 0.3) is 0 Å². The van der Waals surface area contributed by atoms with E-state index in [4.69, 9.17) is 0 Å². The zero-order valence-corrected chi connectivity index (χ0v) is 26.9. The van der Waals surface area contributed by atoms with Crippen LogP contribution in [0.15, 0.2) is 53.4 Å². The molecular weight excluding hydrogens is 561 g/mol. The molecule has 0 heterocycles. The summed E-state index contributed by atoms with van der Waals surface area (Å²) in [4.78, 5) is 0. The van der Waals surface area contributed by atoms with Gasteiger partial charge < -0.3 is 5.32 Å². The first-order valence-corrected chi connectivity index (χ1v) is 15.0. The van der Waals surface area contributed by atoms with E-state index in [-0.39, 0.29) is 19.7 Å². The van der Waals surface area contributed by atoms with Crippen molar-refractivity contribution in [1.29, 1.82) is 0 Å². The lowest BCUT2D eigenvalue weighted by Gasteiger charge is -2.42. The molecular formula is C35H46IN. The second-order valence-electron chi connectivity index (χ2n) is 14.3. The van der Waals surface area contributed by atoms with Gasteiger partial charge in [-0.15, -0.1) is 0 Å². The third kappa shape index (κ3) is 5.83. The molecule has 2 atom stereocenters. The predicted molar refractivity (Wildman–Crippen MR) is 170 cm³/mol. The zero-order valence-electron chi connectivity index (χ0n) is 24.7. The van der Waals surface area contributed by atoms with E-state index in [9.17, 15) is 0 Å². The Balaban J connectivity index is 1.84. The Bertz CT molecular complexity index is 1270. The summed E-state index contributed by atoms with van der Waals surface area (Å²) in [5.74, 6) is 7.31. The van der Waals surface area contributed by atoms with Crippen molar-refractivity contribution in [3.8, 4) is 11.8 Å². The smallest absolute Gasteiger partial charge is 0.0897 e. The highest BCUT2D eigenvalue weighted by atomic mass is 127. The molecule has 0 aliphatic heterocycles. The van der Waals surface area contributed by atoms with Crippen LogP contribution in [-0.2, 0) is 8.84 Å². The van der Waals surface area contributed by atoms with Gasteiger partial charge in [0, 0.05) is 15.5 Å². The van der Waals surface area contributed by atoms with Crippen molar-refractivity contribution >= 4 is 28.2 Å². The minimum atomic E-state index is 0.135. The fraction of sp³-hybridized carbons (Fsp3) is 0.543. The average molecular weight is 608 g/mol. The zero-order chi connectivity index (χ0) is 27.4. The number of nitrogens with one attached hydrogen (secondary N) is 1. The summed E-state index contributed by atoms with van der Waals surface area (Å²) < 4.78 is 0.161. The van der Waals surface area contributed by atoms with Crippen LogP contribution >= 0.6 is 22.6 Å². The molecule has 198 valence electrons. The van der Waals surface area contributed by atoms with Gasteiger partial charge in [0.05, 0.1) is 5.70 Å². The van der Waals surface area contributed by atoms with E-state index < -0.39 is 0 Å². The molecule has 3 aliphatic rings. The van der Waals surface area contributed by atoms with Crippen LogP contribution in [0.1, 0.15) is 110 Å². The molecule has 0 spiro atoms. The molecule has 0 aromatic heterocycles. The van der Waals surface area contributed by atoms with Gasteiger partial charge in [-0.3, -0.25) is 0 Å². The Morgan fingerprint density at radius 3 is 2.35 bits per heavy atom. The first-order valence-electron chi connectivity index (χ1n) is 13.9. The molecule has 1 aromatic rings. The molecule has 1 nitrogen and oxygen atoms in total. The van der Waals surface area contributed by atoms with Crippen LogP contribution in [0.4, 0.5) is 0 Å². The second-order valence-corrected chi connectivity index (χ2v) is 16.7. The maximum Gasteiger partial charge on any atom is 0.0897 e. The fourth-order valence-corrected chi connectivity index (χ4v) is 6.98. The highest BCUT2D eigenvalue weighted by Gasteiger charge is 2.40. The number of benzene rings is 1. The van der Waals surface area contributed by atoms with Crippen molar-refractivity contribution in [2.45, 2.75) is 104 Å². The molecule has 0 saturated heterocycles. The summed E-state index contributed by atoms with van der Waals surface area (Å²) in [5, 5.41) is 3.77. The molecule has 0 fully saturated rings. The van der Waals surface area contributed by atoms with Crippen LogP contribution in [-0.4, -0.2) is 0 Å². The lowest BCUT2D eigenvalue weighted by atomic mass is 9.66. The summed E-state index contributed by atoms with van der Waals surface area (Å²) in [6, 6.07) is 4.85. The van der Waals surface area contributed by atoms with Crippen molar-refractivity contribution in [2.75, 3.05) is 0 Å². The monoisotopic (exact) mass is 607 g/mol. The highest BCUT2D eigenvalue weighted by Crippen LogP contribution is 2.52. The van der Waals surface area contributed by atoms with Gasteiger partial charge in [-0.2, -0.15) is 0 Å². The molecule has 0 bridgehead atoms. The lowest BCUT2D eigenvalue weighted by molar-refractivity contribution is 0.296. The molecule has 1 N–H and O–H groups in total. The summed E-state index contributed by atoms with van der Waals surface area (Å²) in [7, 11) is 0. The summed E-state index contributed by atoms with van der Waals surface area (Å²) in [6.07, 6.45) is 13.5. The number of halogens is 1. The van der Waals surface area contributed by atoms with Crippen molar-refractivity contribution in [3.05, 3.63) is 75.7 Å². The molecule has 37 heavy (non-hydrogen) atoms. The van der Waals surface area contributed by atoms with E-state index in [1.807, 2.05) is 0 Å². The van der Waals surface area contributed by atoms with Crippen molar-refractivity contribution in [1.82, 2.24) is 5.32 Å². The quantitative estimate of drug-likeness (QED) is 0.205.